The Balaban J connectivity index is 1.73. The first kappa shape index (κ1) is 19.1. The first-order valence-electron chi connectivity index (χ1n) is 7.89. The molecule has 0 saturated carbocycles. The molecule has 8 heteroatoms. The number of carbonyl (C=O) groups excluding carboxylic acids is 1. The van der Waals surface area contributed by atoms with E-state index in [0.717, 1.165) is 18.4 Å². The summed E-state index contributed by atoms with van der Waals surface area (Å²) in [5.74, 6) is 0. The van der Waals surface area contributed by atoms with Gasteiger partial charge in [-0.15, -0.1) is 0 Å². The minimum atomic E-state index is -0.242. The Labute approximate surface area is 157 Å². The first-order chi connectivity index (χ1) is 11.5. The van der Waals surface area contributed by atoms with Crippen molar-refractivity contribution in [3.8, 4) is 0 Å². The maximum Gasteiger partial charge on any atom is 0.409 e. The minimum absolute atomic E-state index is 0.242. The molecule has 0 unspecified atom stereocenters. The van der Waals surface area contributed by atoms with Crippen molar-refractivity contribution >= 4 is 46.6 Å². The van der Waals surface area contributed by atoms with Gasteiger partial charge in [-0.1, -0.05) is 29.3 Å². The predicted molar refractivity (Wildman–Crippen MR) is 101 cm³/mol. The summed E-state index contributed by atoms with van der Waals surface area (Å²) in [7, 11) is 0. The zero-order chi connectivity index (χ0) is 17.5. The lowest BCUT2D eigenvalue weighted by Gasteiger charge is -2.32. The van der Waals surface area contributed by atoms with Crippen LogP contribution in [-0.4, -0.2) is 41.8 Å². The number of benzene rings is 1. The molecule has 0 aliphatic carbocycles. The summed E-state index contributed by atoms with van der Waals surface area (Å²) in [6, 6.07) is 5.63. The van der Waals surface area contributed by atoms with E-state index >= 15 is 0 Å². The summed E-state index contributed by atoms with van der Waals surface area (Å²) in [5, 5.41) is 8.23. The second-order valence-corrected chi connectivity index (χ2v) is 6.77. The van der Waals surface area contributed by atoms with Gasteiger partial charge in [0.25, 0.3) is 0 Å². The summed E-state index contributed by atoms with van der Waals surface area (Å²) in [4.78, 5) is 13.4. The first-order valence-corrected chi connectivity index (χ1v) is 9.06. The number of rotatable bonds is 4. The highest BCUT2D eigenvalue weighted by Crippen LogP contribution is 2.20. The number of halogens is 2. The van der Waals surface area contributed by atoms with E-state index in [2.05, 4.69) is 10.6 Å². The zero-order valence-corrected chi connectivity index (χ0v) is 15.8. The van der Waals surface area contributed by atoms with Gasteiger partial charge in [0.15, 0.2) is 5.11 Å². The molecule has 1 saturated heterocycles. The average Bonchev–Trinajstić information content (AvgIpc) is 2.55. The van der Waals surface area contributed by atoms with Gasteiger partial charge in [0.1, 0.15) is 0 Å². The molecule has 0 aromatic heterocycles. The molecule has 0 radical (unpaired) electrons. The quantitative estimate of drug-likeness (QED) is 0.770. The maximum atomic E-state index is 11.7. The number of nitrogens with zero attached hydrogens (tertiary/aromatic N) is 1. The van der Waals surface area contributed by atoms with E-state index in [-0.39, 0.29) is 12.1 Å². The van der Waals surface area contributed by atoms with Crippen molar-refractivity contribution in [3.05, 3.63) is 33.8 Å². The SMILES string of the molecule is CCOC(=O)N1CCC(NC(=S)NCc2ccc(Cl)cc2Cl)CC1. The second kappa shape index (κ2) is 9.30. The third-order valence-corrected chi connectivity index (χ3v) is 4.66. The number of carbonyl (C=O) groups is 1. The number of likely N-dealkylation sites (tertiary alicyclic amines) is 1. The number of hydrogen-bond acceptors (Lipinski definition) is 3. The van der Waals surface area contributed by atoms with Gasteiger partial charge in [0, 0.05) is 35.7 Å². The molecule has 1 aliphatic heterocycles. The molecule has 1 heterocycles. The van der Waals surface area contributed by atoms with Crippen LogP contribution >= 0.6 is 35.4 Å². The van der Waals surface area contributed by atoms with Crippen molar-refractivity contribution in [3.63, 3.8) is 0 Å². The van der Waals surface area contributed by atoms with E-state index in [4.69, 9.17) is 40.2 Å². The van der Waals surface area contributed by atoms with Gasteiger partial charge in [-0.05, 0) is 49.7 Å². The van der Waals surface area contributed by atoms with Crippen LogP contribution in [0.15, 0.2) is 18.2 Å². The fourth-order valence-electron chi connectivity index (χ4n) is 2.50. The molecule has 1 fully saturated rings. The van der Waals surface area contributed by atoms with Gasteiger partial charge in [-0.3, -0.25) is 0 Å². The molecule has 5 nitrogen and oxygen atoms in total. The highest BCUT2D eigenvalue weighted by molar-refractivity contribution is 7.80. The normalized spacial score (nSPS) is 15.0. The van der Waals surface area contributed by atoms with Gasteiger partial charge in [0.05, 0.1) is 6.61 Å². The monoisotopic (exact) mass is 389 g/mol. The maximum absolute atomic E-state index is 11.7. The molecule has 2 rings (SSSR count). The molecule has 0 atom stereocenters. The number of ether oxygens (including phenoxy) is 1. The number of amides is 1. The summed E-state index contributed by atoms with van der Waals surface area (Å²) in [6.07, 6.45) is 1.43. The van der Waals surface area contributed by atoms with Crippen molar-refractivity contribution in [1.29, 1.82) is 0 Å². The lowest BCUT2D eigenvalue weighted by Crippen LogP contribution is -2.49. The van der Waals surface area contributed by atoms with Gasteiger partial charge in [-0.25, -0.2) is 4.79 Å². The molecule has 1 aromatic rings. The molecule has 1 amide bonds. The standard InChI is InChI=1S/C16H21Cl2N3O2S/c1-2-23-16(22)21-7-5-13(6-8-21)20-15(24)19-10-11-3-4-12(17)9-14(11)18/h3-4,9,13H,2,5-8,10H2,1H3,(H2,19,20,24). The van der Waals surface area contributed by atoms with Crippen molar-refractivity contribution in [2.24, 2.45) is 0 Å². The number of nitrogens with one attached hydrogen (secondary N) is 2. The molecule has 24 heavy (non-hydrogen) atoms. The van der Waals surface area contributed by atoms with E-state index < -0.39 is 0 Å². The molecule has 132 valence electrons. The third-order valence-electron chi connectivity index (χ3n) is 3.81. The second-order valence-electron chi connectivity index (χ2n) is 5.52. The minimum Gasteiger partial charge on any atom is -0.450 e. The van der Waals surface area contributed by atoms with Gasteiger partial charge in [-0.2, -0.15) is 0 Å². The molecular weight excluding hydrogens is 369 g/mol. The Kier molecular flexibility index (Phi) is 7.40. The summed E-state index contributed by atoms with van der Waals surface area (Å²) in [5.41, 5.74) is 0.933. The highest BCUT2D eigenvalue weighted by Gasteiger charge is 2.23. The van der Waals surface area contributed by atoms with Crippen molar-refractivity contribution < 1.29 is 9.53 Å². The summed E-state index contributed by atoms with van der Waals surface area (Å²) < 4.78 is 5.01. The summed E-state index contributed by atoms with van der Waals surface area (Å²) in [6.45, 7) is 4.08. The Morgan fingerprint density at radius 2 is 2.08 bits per heavy atom. The van der Waals surface area contributed by atoms with Crippen LogP contribution in [0.4, 0.5) is 4.79 Å². The van der Waals surface area contributed by atoms with Crippen LogP contribution in [0.2, 0.25) is 10.0 Å². The number of hydrogen-bond donors (Lipinski definition) is 2. The van der Waals surface area contributed by atoms with E-state index in [1.54, 1.807) is 17.0 Å². The lowest BCUT2D eigenvalue weighted by atomic mass is 10.1. The molecule has 0 spiro atoms. The largest absolute Gasteiger partial charge is 0.450 e. The fourth-order valence-corrected chi connectivity index (χ4v) is 3.21. The van der Waals surface area contributed by atoms with Gasteiger partial charge < -0.3 is 20.3 Å². The smallest absolute Gasteiger partial charge is 0.409 e. The molecule has 2 N–H and O–H groups in total. The lowest BCUT2D eigenvalue weighted by molar-refractivity contribution is 0.0963. The zero-order valence-electron chi connectivity index (χ0n) is 13.5. The van der Waals surface area contributed by atoms with E-state index in [1.807, 2.05) is 13.0 Å². The van der Waals surface area contributed by atoms with Gasteiger partial charge in [0.2, 0.25) is 0 Å². The molecule has 1 aliphatic rings. The Morgan fingerprint density at radius 3 is 2.71 bits per heavy atom. The van der Waals surface area contributed by atoms with Crippen LogP contribution in [0.5, 0.6) is 0 Å². The van der Waals surface area contributed by atoms with Crippen molar-refractivity contribution in [2.75, 3.05) is 19.7 Å². The molecular formula is C16H21Cl2N3O2S. The van der Waals surface area contributed by atoms with E-state index in [0.29, 0.717) is 41.4 Å². The van der Waals surface area contributed by atoms with E-state index in [1.165, 1.54) is 0 Å². The Bertz CT molecular complexity index is 593. The van der Waals surface area contributed by atoms with Crippen LogP contribution < -0.4 is 10.6 Å². The predicted octanol–water partition coefficient (Wildman–Crippen LogP) is 3.58. The van der Waals surface area contributed by atoms with Crippen LogP contribution in [0.25, 0.3) is 0 Å². The molecule has 1 aromatic carbocycles. The van der Waals surface area contributed by atoms with Crippen LogP contribution in [0, 0.1) is 0 Å². The van der Waals surface area contributed by atoms with Gasteiger partial charge >= 0.3 is 6.09 Å². The van der Waals surface area contributed by atoms with Crippen LogP contribution in [-0.2, 0) is 11.3 Å². The Morgan fingerprint density at radius 1 is 1.38 bits per heavy atom. The van der Waals surface area contributed by atoms with Crippen molar-refractivity contribution in [2.45, 2.75) is 32.4 Å². The fraction of sp³-hybridized carbons (Fsp3) is 0.500. The van der Waals surface area contributed by atoms with Crippen LogP contribution in [0.3, 0.4) is 0 Å². The van der Waals surface area contributed by atoms with E-state index in [9.17, 15) is 4.79 Å². The topological polar surface area (TPSA) is 53.6 Å². The van der Waals surface area contributed by atoms with Crippen molar-refractivity contribution in [1.82, 2.24) is 15.5 Å². The third kappa shape index (κ3) is 5.69. The number of thiocarbonyl (C=S) groups is 1. The highest BCUT2D eigenvalue weighted by atomic mass is 35.5. The Hall–Kier alpha value is -1.24. The average molecular weight is 390 g/mol. The summed E-state index contributed by atoms with van der Waals surface area (Å²) >= 11 is 17.4. The van der Waals surface area contributed by atoms with Crippen LogP contribution in [0.1, 0.15) is 25.3 Å². The molecule has 0 bridgehead atoms. The number of piperidine rings is 1.